The van der Waals surface area contributed by atoms with Gasteiger partial charge in [-0.15, -0.1) is 0 Å². The molecular weight excluding hydrogens is 294 g/mol. The van der Waals surface area contributed by atoms with Crippen LogP contribution in [-0.4, -0.2) is 36.6 Å². The highest BCUT2D eigenvalue weighted by Gasteiger charge is 2.54. The molecule has 1 saturated heterocycles. The molecule has 1 unspecified atom stereocenters. The maximum Gasteiger partial charge on any atom is 0.407 e. The Morgan fingerprint density at radius 3 is 2.65 bits per heavy atom. The minimum absolute atomic E-state index is 0.113. The quantitative estimate of drug-likeness (QED) is 0.895. The minimum Gasteiger partial charge on any atom is -0.445 e. The summed E-state index contributed by atoms with van der Waals surface area (Å²) < 4.78 is 10.7. The van der Waals surface area contributed by atoms with Crippen LogP contribution in [0.1, 0.15) is 37.7 Å². The first-order valence-corrected chi connectivity index (χ1v) is 8.38. The summed E-state index contributed by atoms with van der Waals surface area (Å²) >= 11 is 0. The number of hydrogen-bond donors (Lipinski definition) is 2. The van der Waals surface area contributed by atoms with E-state index in [2.05, 4.69) is 5.32 Å². The Hall–Kier alpha value is -1.59. The second-order valence-corrected chi connectivity index (χ2v) is 6.69. The van der Waals surface area contributed by atoms with Crippen molar-refractivity contribution in [2.24, 2.45) is 5.41 Å². The van der Waals surface area contributed by atoms with Gasteiger partial charge in [0.2, 0.25) is 0 Å². The summed E-state index contributed by atoms with van der Waals surface area (Å²) in [6, 6.07) is 9.57. The van der Waals surface area contributed by atoms with Gasteiger partial charge in [0.15, 0.2) is 0 Å². The fraction of sp³-hybridized carbons (Fsp3) is 0.611. The van der Waals surface area contributed by atoms with Crippen LogP contribution >= 0.6 is 0 Å². The second kappa shape index (κ2) is 6.89. The Bertz CT molecular complexity index is 527. The fourth-order valence-electron chi connectivity index (χ4n) is 3.96. The lowest BCUT2D eigenvalue weighted by Crippen LogP contribution is -2.54. The topological polar surface area (TPSA) is 67.8 Å². The molecular formula is C18H25NO4. The second-order valence-electron chi connectivity index (χ2n) is 6.69. The van der Waals surface area contributed by atoms with E-state index in [-0.39, 0.29) is 18.6 Å². The molecule has 2 N–H and O–H groups in total. The molecule has 2 aliphatic rings. The van der Waals surface area contributed by atoms with E-state index in [0.717, 1.165) is 37.7 Å². The number of aliphatic hydroxyl groups is 1. The molecule has 23 heavy (non-hydrogen) atoms. The van der Waals surface area contributed by atoms with Crippen molar-refractivity contribution >= 4 is 6.09 Å². The van der Waals surface area contributed by atoms with Gasteiger partial charge in [-0.25, -0.2) is 4.79 Å². The van der Waals surface area contributed by atoms with Crippen molar-refractivity contribution in [2.45, 2.75) is 44.3 Å². The van der Waals surface area contributed by atoms with Crippen LogP contribution in [0.15, 0.2) is 30.3 Å². The van der Waals surface area contributed by atoms with Crippen LogP contribution in [0.25, 0.3) is 0 Å². The first-order chi connectivity index (χ1) is 11.1. The third kappa shape index (κ3) is 3.51. The van der Waals surface area contributed by atoms with E-state index in [9.17, 15) is 9.90 Å². The average Bonchev–Trinajstić information content (AvgIpc) is 2.89. The lowest BCUT2D eigenvalue weighted by Gasteiger charge is -2.45. The van der Waals surface area contributed by atoms with E-state index in [1.165, 1.54) is 0 Å². The first-order valence-electron chi connectivity index (χ1n) is 8.38. The van der Waals surface area contributed by atoms with E-state index in [1.807, 2.05) is 30.3 Å². The SMILES string of the molecule is O=C(NCC1(O)CCCC12CCOCC2)OCc1ccccc1. The predicted octanol–water partition coefficient (Wildman–Crippen LogP) is 2.62. The molecule has 126 valence electrons. The van der Waals surface area contributed by atoms with Crippen LogP contribution in [0.3, 0.4) is 0 Å². The zero-order chi connectivity index (χ0) is 16.2. The zero-order valence-electron chi connectivity index (χ0n) is 13.4. The summed E-state index contributed by atoms with van der Waals surface area (Å²) in [5, 5.41) is 13.8. The minimum atomic E-state index is -0.845. The Balaban J connectivity index is 1.51. The van der Waals surface area contributed by atoms with E-state index in [4.69, 9.17) is 9.47 Å². The van der Waals surface area contributed by atoms with Crippen molar-refractivity contribution in [2.75, 3.05) is 19.8 Å². The summed E-state index contributed by atoms with van der Waals surface area (Å²) in [5.74, 6) is 0. The fourth-order valence-corrected chi connectivity index (χ4v) is 3.96. The van der Waals surface area contributed by atoms with Gasteiger partial charge in [0.05, 0.1) is 12.1 Å². The molecule has 1 heterocycles. The number of carbonyl (C=O) groups excluding carboxylic acids is 1. The van der Waals surface area contributed by atoms with Gasteiger partial charge in [0.1, 0.15) is 6.61 Å². The van der Waals surface area contributed by atoms with Crippen molar-refractivity contribution in [3.8, 4) is 0 Å². The maximum absolute atomic E-state index is 11.9. The largest absolute Gasteiger partial charge is 0.445 e. The van der Waals surface area contributed by atoms with Crippen LogP contribution in [0.2, 0.25) is 0 Å². The molecule has 1 amide bonds. The van der Waals surface area contributed by atoms with E-state index < -0.39 is 11.7 Å². The van der Waals surface area contributed by atoms with Crippen LogP contribution in [-0.2, 0) is 16.1 Å². The van der Waals surface area contributed by atoms with E-state index >= 15 is 0 Å². The third-order valence-electron chi connectivity index (χ3n) is 5.42. The van der Waals surface area contributed by atoms with E-state index in [0.29, 0.717) is 13.2 Å². The molecule has 1 atom stereocenters. The summed E-state index contributed by atoms with van der Waals surface area (Å²) in [6.07, 6.45) is 3.99. The summed E-state index contributed by atoms with van der Waals surface area (Å²) in [6.45, 7) is 1.88. The van der Waals surface area contributed by atoms with Gasteiger partial charge in [0.25, 0.3) is 0 Å². The molecule has 1 aromatic carbocycles. The van der Waals surface area contributed by atoms with Crippen molar-refractivity contribution in [1.29, 1.82) is 0 Å². The predicted molar refractivity (Wildman–Crippen MR) is 85.9 cm³/mol. The maximum atomic E-state index is 11.9. The van der Waals surface area contributed by atoms with Crippen molar-refractivity contribution in [3.05, 3.63) is 35.9 Å². The average molecular weight is 319 g/mol. The standard InChI is InChI=1S/C18H25NO4/c20-16(23-13-15-5-2-1-3-6-15)19-14-18(21)8-4-7-17(18)9-11-22-12-10-17/h1-3,5-6,21H,4,7-14H2,(H,19,20). The number of amides is 1. The third-order valence-corrected chi connectivity index (χ3v) is 5.42. The van der Waals surface area contributed by atoms with Gasteiger partial charge >= 0.3 is 6.09 Å². The number of rotatable bonds is 4. The molecule has 1 aromatic rings. The molecule has 5 nitrogen and oxygen atoms in total. The molecule has 5 heteroatoms. The molecule has 0 bridgehead atoms. The number of ether oxygens (including phenoxy) is 2. The van der Waals surface area contributed by atoms with E-state index in [1.54, 1.807) is 0 Å². The van der Waals surface area contributed by atoms with Crippen molar-refractivity contribution < 1.29 is 19.4 Å². The Morgan fingerprint density at radius 2 is 1.91 bits per heavy atom. The Labute approximate surface area is 137 Å². The van der Waals surface area contributed by atoms with Gasteiger partial charge in [-0.3, -0.25) is 0 Å². The van der Waals surface area contributed by atoms with Gasteiger partial charge in [-0.1, -0.05) is 30.3 Å². The number of alkyl carbamates (subject to hydrolysis) is 1. The zero-order valence-corrected chi connectivity index (χ0v) is 13.4. The van der Waals surface area contributed by atoms with Crippen LogP contribution < -0.4 is 5.32 Å². The monoisotopic (exact) mass is 319 g/mol. The van der Waals surface area contributed by atoms with Crippen molar-refractivity contribution in [3.63, 3.8) is 0 Å². The van der Waals surface area contributed by atoms with Crippen LogP contribution in [0, 0.1) is 5.41 Å². The highest BCUT2D eigenvalue weighted by Crippen LogP contribution is 2.52. The summed E-state index contributed by atoms with van der Waals surface area (Å²) in [4.78, 5) is 11.9. The number of benzene rings is 1. The summed E-state index contributed by atoms with van der Waals surface area (Å²) in [5.41, 5.74) is -0.0105. The molecule has 1 saturated carbocycles. The van der Waals surface area contributed by atoms with Crippen LogP contribution in [0.5, 0.6) is 0 Å². The molecule has 1 spiro atoms. The Morgan fingerprint density at radius 1 is 1.17 bits per heavy atom. The number of carbonyl (C=O) groups is 1. The molecule has 1 aliphatic heterocycles. The number of nitrogens with one attached hydrogen (secondary N) is 1. The Kier molecular flexibility index (Phi) is 4.87. The van der Waals surface area contributed by atoms with Gasteiger partial charge in [0, 0.05) is 18.6 Å². The normalized spacial score (nSPS) is 26.1. The van der Waals surface area contributed by atoms with Crippen molar-refractivity contribution in [1.82, 2.24) is 5.32 Å². The highest BCUT2D eigenvalue weighted by atomic mass is 16.5. The van der Waals surface area contributed by atoms with Gasteiger partial charge < -0.3 is 19.9 Å². The molecule has 0 aromatic heterocycles. The highest BCUT2D eigenvalue weighted by molar-refractivity contribution is 5.67. The number of hydrogen-bond acceptors (Lipinski definition) is 4. The lowest BCUT2D eigenvalue weighted by atomic mass is 9.69. The molecule has 1 aliphatic carbocycles. The molecule has 2 fully saturated rings. The summed E-state index contributed by atoms with van der Waals surface area (Å²) in [7, 11) is 0. The first kappa shape index (κ1) is 16.3. The molecule has 0 radical (unpaired) electrons. The lowest BCUT2D eigenvalue weighted by molar-refractivity contribution is -0.110. The molecule has 3 rings (SSSR count). The van der Waals surface area contributed by atoms with Gasteiger partial charge in [-0.05, 0) is 37.7 Å². The smallest absolute Gasteiger partial charge is 0.407 e. The van der Waals surface area contributed by atoms with Crippen LogP contribution in [0.4, 0.5) is 4.79 Å². The van der Waals surface area contributed by atoms with Gasteiger partial charge in [-0.2, -0.15) is 0 Å².